The van der Waals surface area contributed by atoms with Gasteiger partial charge >= 0.3 is 0 Å². The Labute approximate surface area is 109 Å². The van der Waals surface area contributed by atoms with E-state index in [-0.39, 0.29) is 0 Å². The van der Waals surface area contributed by atoms with Gasteiger partial charge in [0.25, 0.3) is 0 Å². The molecule has 0 heterocycles. The lowest BCUT2D eigenvalue weighted by Gasteiger charge is -2.31. The lowest BCUT2D eigenvalue weighted by Crippen LogP contribution is -2.21. The van der Waals surface area contributed by atoms with Gasteiger partial charge in [-0.15, -0.1) is 0 Å². The van der Waals surface area contributed by atoms with Gasteiger partial charge in [0.1, 0.15) is 0 Å². The summed E-state index contributed by atoms with van der Waals surface area (Å²) < 4.78 is 0. The Kier molecular flexibility index (Phi) is 1.76. The zero-order valence-electron chi connectivity index (χ0n) is 11.0. The molecule has 2 unspecified atom stereocenters. The summed E-state index contributed by atoms with van der Waals surface area (Å²) in [6.45, 7) is 4.72. The summed E-state index contributed by atoms with van der Waals surface area (Å²) in [5.74, 6) is 0. The van der Waals surface area contributed by atoms with Gasteiger partial charge in [-0.05, 0) is 42.0 Å². The van der Waals surface area contributed by atoms with E-state index in [0.29, 0.717) is 10.8 Å². The molecule has 1 aromatic carbocycles. The average molecular weight is 234 g/mol. The fourth-order valence-electron chi connectivity index (χ4n) is 4.15. The van der Waals surface area contributed by atoms with Crippen LogP contribution in [0.3, 0.4) is 0 Å². The lowest BCUT2D eigenvalue weighted by molar-refractivity contribution is 0.614. The first-order valence-corrected chi connectivity index (χ1v) is 6.84. The molecular weight excluding hydrogens is 216 g/mol. The Bertz CT molecular complexity index is 629. The third kappa shape index (κ3) is 0.986. The van der Waals surface area contributed by atoms with Crippen LogP contribution < -0.4 is 0 Å². The van der Waals surface area contributed by atoms with Crippen LogP contribution in [0.25, 0.3) is 5.57 Å². The minimum atomic E-state index is 0.290. The molecule has 0 heteroatoms. The molecule has 1 saturated carbocycles. The molecule has 4 rings (SSSR count). The van der Waals surface area contributed by atoms with Gasteiger partial charge in [0.15, 0.2) is 0 Å². The highest BCUT2D eigenvalue weighted by Gasteiger charge is 2.67. The maximum atomic E-state index is 2.47. The van der Waals surface area contributed by atoms with Crippen LogP contribution in [0.1, 0.15) is 37.8 Å². The number of hydrogen-bond acceptors (Lipinski definition) is 0. The van der Waals surface area contributed by atoms with Gasteiger partial charge in [-0.1, -0.05) is 55.5 Å². The van der Waals surface area contributed by atoms with E-state index >= 15 is 0 Å². The molecule has 1 spiro atoms. The molecule has 0 nitrogen and oxygen atoms in total. The number of fused-ring (bicyclic) bond motifs is 2. The molecule has 0 aromatic heterocycles. The Balaban J connectivity index is 2.08. The maximum Gasteiger partial charge on any atom is 0.0238 e. The zero-order chi connectivity index (χ0) is 12.4. The highest BCUT2D eigenvalue weighted by molar-refractivity contribution is 5.81. The quantitative estimate of drug-likeness (QED) is 0.574. The van der Waals surface area contributed by atoms with Crippen LogP contribution in [0.15, 0.2) is 54.1 Å². The van der Waals surface area contributed by atoms with Crippen molar-refractivity contribution in [1.29, 1.82) is 0 Å². The maximum absolute atomic E-state index is 2.47. The molecule has 0 amide bonds. The van der Waals surface area contributed by atoms with Crippen molar-refractivity contribution in [2.24, 2.45) is 5.41 Å². The molecule has 3 aliphatic rings. The third-order valence-corrected chi connectivity index (χ3v) is 5.26. The second-order valence-electron chi connectivity index (χ2n) is 6.10. The molecular formula is C18H18. The van der Waals surface area contributed by atoms with Crippen molar-refractivity contribution in [3.05, 3.63) is 65.3 Å². The largest absolute Gasteiger partial charge is 0.0838 e. The van der Waals surface area contributed by atoms with Crippen molar-refractivity contribution in [3.8, 4) is 0 Å². The number of allylic oxidation sites excluding steroid dienone is 6. The van der Waals surface area contributed by atoms with Gasteiger partial charge < -0.3 is 0 Å². The van der Waals surface area contributed by atoms with Crippen LogP contribution in [-0.2, 0) is 5.41 Å². The molecule has 90 valence electrons. The molecule has 3 aliphatic carbocycles. The molecule has 1 aromatic rings. The molecule has 2 atom stereocenters. The Morgan fingerprint density at radius 2 is 1.94 bits per heavy atom. The van der Waals surface area contributed by atoms with Gasteiger partial charge in [-0.25, -0.2) is 0 Å². The van der Waals surface area contributed by atoms with Gasteiger partial charge in [-0.2, -0.15) is 0 Å². The Morgan fingerprint density at radius 1 is 1.11 bits per heavy atom. The number of rotatable bonds is 0. The summed E-state index contributed by atoms with van der Waals surface area (Å²) >= 11 is 0. The minimum Gasteiger partial charge on any atom is -0.0838 e. The summed E-state index contributed by atoms with van der Waals surface area (Å²) in [5.41, 5.74) is 6.65. The second-order valence-corrected chi connectivity index (χ2v) is 6.10. The van der Waals surface area contributed by atoms with E-state index < -0.39 is 0 Å². The van der Waals surface area contributed by atoms with Crippen LogP contribution in [0, 0.1) is 5.41 Å². The summed E-state index contributed by atoms with van der Waals surface area (Å²) in [5, 5.41) is 0. The molecule has 0 N–H and O–H groups in total. The van der Waals surface area contributed by atoms with Crippen molar-refractivity contribution in [3.63, 3.8) is 0 Å². The Morgan fingerprint density at radius 3 is 2.83 bits per heavy atom. The number of benzene rings is 1. The van der Waals surface area contributed by atoms with Crippen molar-refractivity contribution >= 4 is 5.57 Å². The smallest absolute Gasteiger partial charge is 0.0238 e. The van der Waals surface area contributed by atoms with Crippen LogP contribution in [-0.4, -0.2) is 0 Å². The fraction of sp³-hybridized carbons (Fsp3) is 0.333. The molecule has 1 fully saturated rings. The summed E-state index contributed by atoms with van der Waals surface area (Å²) in [6.07, 6.45) is 11.8. The SMILES string of the molecule is CC1=C2C=CCC=CC23CC3(C)c2ccccc21. The average Bonchev–Trinajstić information content (AvgIpc) is 3.06. The van der Waals surface area contributed by atoms with Crippen LogP contribution in [0.2, 0.25) is 0 Å². The summed E-state index contributed by atoms with van der Waals surface area (Å²) in [7, 11) is 0. The van der Waals surface area contributed by atoms with Crippen molar-refractivity contribution in [2.45, 2.75) is 32.1 Å². The van der Waals surface area contributed by atoms with Crippen LogP contribution >= 0.6 is 0 Å². The van der Waals surface area contributed by atoms with Crippen LogP contribution in [0.4, 0.5) is 0 Å². The van der Waals surface area contributed by atoms with Crippen molar-refractivity contribution in [2.75, 3.05) is 0 Å². The number of hydrogen-bond donors (Lipinski definition) is 0. The molecule has 18 heavy (non-hydrogen) atoms. The normalized spacial score (nSPS) is 35.7. The molecule has 0 radical (unpaired) electrons. The summed E-state index contributed by atoms with van der Waals surface area (Å²) in [4.78, 5) is 0. The van der Waals surface area contributed by atoms with Gasteiger partial charge in [0, 0.05) is 10.8 Å². The molecule has 0 bridgehead atoms. The molecule has 0 aliphatic heterocycles. The van der Waals surface area contributed by atoms with Crippen molar-refractivity contribution in [1.82, 2.24) is 0 Å². The summed E-state index contributed by atoms with van der Waals surface area (Å²) in [6, 6.07) is 8.96. The van der Waals surface area contributed by atoms with E-state index in [1.807, 2.05) is 0 Å². The van der Waals surface area contributed by atoms with Gasteiger partial charge in [0.05, 0.1) is 0 Å². The van der Waals surface area contributed by atoms with E-state index in [0.717, 1.165) is 6.42 Å². The van der Waals surface area contributed by atoms with Gasteiger partial charge in [-0.3, -0.25) is 0 Å². The third-order valence-electron chi connectivity index (χ3n) is 5.26. The first kappa shape index (κ1) is 10.4. The topological polar surface area (TPSA) is 0 Å². The first-order chi connectivity index (χ1) is 8.69. The predicted octanol–water partition coefficient (Wildman–Crippen LogP) is 4.64. The Hall–Kier alpha value is -1.56. The fourth-order valence-corrected chi connectivity index (χ4v) is 4.15. The zero-order valence-corrected chi connectivity index (χ0v) is 11.0. The van der Waals surface area contributed by atoms with E-state index in [9.17, 15) is 0 Å². The van der Waals surface area contributed by atoms with E-state index in [4.69, 9.17) is 0 Å². The lowest BCUT2D eigenvalue weighted by atomic mass is 9.72. The first-order valence-electron chi connectivity index (χ1n) is 6.84. The predicted molar refractivity (Wildman–Crippen MR) is 76.3 cm³/mol. The van der Waals surface area contributed by atoms with E-state index in [1.54, 1.807) is 11.1 Å². The monoisotopic (exact) mass is 234 g/mol. The van der Waals surface area contributed by atoms with Crippen molar-refractivity contribution < 1.29 is 0 Å². The van der Waals surface area contributed by atoms with Gasteiger partial charge in [0.2, 0.25) is 0 Å². The highest BCUT2D eigenvalue weighted by Crippen LogP contribution is 2.73. The van der Waals surface area contributed by atoms with E-state index in [2.05, 4.69) is 62.4 Å². The highest BCUT2D eigenvalue weighted by atomic mass is 14.7. The minimum absolute atomic E-state index is 0.290. The standard InChI is InChI=1S/C18H18/c1-13-14-8-5-6-10-16(14)17(2)12-18(17)11-7-3-4-9-15(13)18/h4-11H,3,12H2,1-2H3. The van der Waals surface area contributed by atoms with E-state index in [1.165, 1.54) is 17.6 Å². The van der Waals surface area contributed by atoms with Crippen LogP contribution in [0.5, 0.6) is 0 Å². The molecule has 0 saturated heterocycles. The second kappa shape index (κ2) is 3.06.